The zero-order valence-electron chi connectivity index (χ0n) is 11.4. The van der Waals surface area contributed by atoms with Crippen molar-refractivity contribution < 1.29 is 48.1 Å². The molecule has 0 aliphatic heterocycles. The van der Waals surface area contributed by atoms with Crippen molar-refractivity contribution in [2.75, 3.05) is 5.75 Å². The van der Waals surface area contributed by atoms with Crippen LogP contribution in [0.4, 0.5) is 0 Å². The van der Waals surface area contributed by atoms with Crippen LogP contribution >= 0.6 is 27.7 Å². The summed E-state index contributed by atoms with van der Waals surface area (Å²) >= 11 is 1.13. The van der Waals surface area contributed by atoms with Crippen LogP contribution in [-0.2, 0) is 13.5 Å². The van der Waals surface area contributed by atoms with Gasteiger partial charge in [0.25, 0.3) is 0 Å². The van der Waals surface area contributed by atoms with Crippen molar-refractivity contribution in [2.24, 2.45) is 0 Å². The average Bonchev–Trinajstić information content (AvgIpc) is 2.23. The third kappa shape index (κ3) is 97.2. The van der Waals surface area contributed by atoms with Gasteiger partial charge in [-0.05, 0) is 6.42 Å². The van der Waals surface area contributed by atoms with Crippen molar-refractivity contribution in [1.82, 2.24) is 0 Å². The van der Waals surface area contributed by atoms with Gasteiger partial charge in [0.15, 0.2) is 0 Å². The fourth-order valence-corrected chi connectivity index (χ4v) is 1.38. The summed E-state index contributed by atoms with van der Waals surface area (Å²) < 4.78 is 21.0. The van der Waals surface area contributed by atoms with E-state index in [-0.39, 0.29) is 0 Å². The van der Waals surface area contributed by atoms with Crippen molar-refractivity contribution in [3.8, 4) is 0 Å². The molecule has 0 aromatic rings. The molecule has 0 atom stereocenters. The van der Waals surface area contributed by atoms with Gasteiger partial charge in [0.05, 0.1) is 0 Å². The maximum absolute atomic E-state index is 8.55. The van der Waals surface area contributed by atoms with E-state index in [1.54, 1.807) is 0 Å². The van der Waals surface area contributed by atoms with E-state index in [9.17, 15) is 0 Å². The van der Waals surface area contributed by atoms with E-state index >= 15 is 0 Å². The first-order valence-corrected chi connectivity index (χ1v) is 9.64. The van der Waals surface area contributed by atoms with Crippen LogP contribution in [-0.4, -0.2) is 11.0 Å². The van der Waals surface area contributed by atoms with Gasteiger partial charge in [-0.15, -0.1) is 0 Å². The van der Waals surface area contributed by atoms with E-state index in [1.165, 1.54) is 32.1 Å². The van der Waals surface area contributed by atoms with Gasteiger partial charge in [0.2, 0.25) is 0 Å². The van der Waals surface area contributed by atoms with Gasteiger partial charge < -0.3 is 38.5 Å². The standard InChI is InChI=1S/C8H18O2S.2H3O4P/c1-2-3-4-5-6-7-8-11-10-9;2*1-5(2,3)4/h9H,2-8H2,1H3;2*(H3,1,2,3,4)/p-6. The number of phosphoric acid groups is 2. The van der Waals surface area contributed by atoms with Crippen molar-refractivity contribution in [3.63, 3.8) is 0 Å². The second-order valence-corrected chi connectivity index (χ2v) is 6.14. The molecule has 0 unspecified atom stereocenters. The van der Waals surface area contributed by atoms with Gasteiger partial charge in [0, 0.05) is 17.8 Å². The molecular formula is C8H18O10P2S-6. The van der Waals surface area contributed by atoms with Crippen LogP contribution in [0.25, 0.3) is 0 Å². The molecular weight excluding hydrogens is 350 g/mol. The van der Waals surface area contributed by atoms with E-state index in [0.717, 1.165) is 24.2 Å². The van der Waals surface area contributed by atoms with Crippen molar-refractivity contribution in [3.05, 3.63) is 0 Å². The van der Waals surface area contributed by atoms with Crippen LogP contribution in [0.1, 0.15) is 45.4 Å². The second-order valence-electron chi connectivity index (χ2n) is 3.56. The second kappa shape index (κ2) is 16.9. The van der Waals surface area contributed by atoms with Gasteiger partial charge in [-0.25, -0.2) is 5.26 Å². The zero-order chi connectivity index (χ0) is 17.4. The molecule has 0 amide bonds. The Morgan fingerprint density at radius 1 is 0.857 bits per heavy atom. The fourth-order valence-electron chi connectivity index (χ4n) is 0.979. The molecule has 0 rings (SSSR count). The highest BCUT2D eigenvalue weighted by molar-refractivity contribution is 7.94. The quantitative estimate of drug-likeness (QED) is 0.161. The van der Waals surface area contributed by atoms with Crippen molar-refractivity contribution in [1.29, 1.82) is 0 Å². The van der Waals surface area contributed by atoms with Crippen LogP contribution in [0.15, 0.2) is 0 Å². The summed E-state index contributed by atoms with van der Waals surface area (Å²) in [6.45, 7) is 2.22. The topological polar surface area (TPSA) is 202 Å². The molecule has 0 aliphatic carbocycles. The molecule has 0 bridgehead atoms. The normalized spacial score (nSPS) is 11.0. The Bertz CT molecular complexity index is 246. The van der Waals surface area contributed by atoms with Crippen LogP contribution < -0.4 is 29.4 Å². The Balaban J connectivity index is -0.000000270. The van der Waals surface area contributed by atoms with Crippen LogP contribution in [0, 0.1) is 0 Å². The maximum atomic E-state index is 8.55. The summed E-state index contributed by atoms with van der Waals surface area (Å²) in [5.74, 6) is 0.905. The van der Waals surface area contributed by atoms with Crippen molar-refractivity contribution in [2.45, 2.75) is 45.4 Å². The van der Waals surface area contributed by atoms with E-state index in [0.29, 0.717) is 0 Å². The Kier molecular flexibility index (Phi) is 21.2. The summed E-state index contributed by atoms with van der Waals surface area (Å²) in [5, 5.41) is 7.97. The minimum Gasteiger partial charge on any atom is -0.822 e. The fraction of sp³-hybridized carbons (Fsp3) is 1.00. The minimum atomic E-state index is -5.39. The molecule has 0 fully saturated rings. The third-order valence-corrected chi connectivity index (χ3v) is 2.19. The molecule has 132 valence electrons. The molecule has 0 saturated carbocycles. The Labute approximate surface area is 127 Å². The van der Waals surface area contributed by atoms with Gasteiger partial charge in [-0.2, -0.15) is 20.0 Å². The molecule has 13 heteroatoms. The highest BCUT2D eigenvalue weighted by Crippen LogP contribution is 2.09. The van der Waals surface area contributed by atoms with Crippen LogP contribution in [0.5, 0.6) is 0 Å². The maximum Gasteiger partial charge on any atom is 0.0311 e. The lowest BCUT2D eigenvalue weighted by atomic mass is 10.1. The van der Waals surface area contributed by atoms with E-state index in [4.69, 9.17) is 43.7 Å². The van der Waals surface area contributed by atoms with E-state index in [1.807, 2.05) is 0 Å². The molecule has 0 aliphatic rings. The third-order valence-electron chi connectivity index (χ3n) is 1.63. The van der Waals surface area contributed by atoms with Gasteiger partial charge in [-0.1, -0.05) is 39.0 Å². The average molecular weight is 368 g/mol. The molecule has 1 N–H and O–H groups in total. The molecule has 0 heterocycles. The smallest absolute Gasteiger partial charge is 0.0311 e. The van der Waals surface area contributed by atoms with Crippen LogP contribution in [0.2, 0.25) is 0 Å². The highest BCUT2D eigenvalue weighted by atomic mass is 32.2. The number of rotatable bonds is 8. The van der Waals surface area contributed by atoms with Gasteiger partial charge >= 0.3 is 0 Å². The number of hydrogen-bond acceptors (Lipinski definition) is 11. The number of unbranched alkanes of at least 4 members (excludes halogenated alkanes) is 5. The first kappa shape index (κ1) is 26.4. The molecule has 0 aromatic heterocycles. The first-order valence-electron chi connectivity index (χ1n) is 5.81. The van der Waals surface area contributed by atoms with Gasteiger partial charge in [-0.3, -0.25) is 0 Å². The molecule has 0 radical (unpaired) electrons. The van der Waals surface area contributed by atoms with E-state index in [2.05, 4.69) is 11.3 Å². The zero-order valence-corrected chi connectivity index (χ0v) is 14.0. The SMILES string of the molecule is CCCCCCCCSOO.O=P([O-])([O-])[O-].O=P([O-])([O-])[O-]. The summed E-state index contributed by atoms with van der Waals surface area (Å²) in [6.07, 6.45) is 7.73. The Hall–Kier alpha value is 0.490. The molecule has 21 heavy (non-hydrogen) atoms. The minimum absolute atomic E-state index is 0.905. The first-order chi connectivity index (χ1) is 9.41. The van der Waals surface area contributed by atoms with Gasteiger partial charge in [0.1, 0.15) is 0 Å². The summed E-state index contributed by atoms with van der Waals surface area (Å²) in [7, 11) is -10.8. The summed E-state index contributed by atoms with van der Waals surface area (Å²) in [6, 6.07) is 0. The molecule has 0 aromatic carbocycles. The molecule has 10 nitrogen and oxygen atoms in total. The molecule has 0 spiro atoms. The predicted molar refractivity (Wildman–Crippen MR) is 64.8 cm³/mol. The largest absolute Gasteiger partial charge is 0.822 e. The highest BCUT2D eigenvalue weighted by Gasteiger charge is 1.90. The monoisotopic (exact) mass is 368 g/mol. The summed E-state index contributed by atoms with van der Waals surface area (Å²) in [4.78, 5) is 51.3. The Morgan fingerprint density at radius 2 is 1.19 bits per heavy atom. The lowest BCUT2D eigenvalue weighted by Gasteiger charge is -2.36. The lowest BCUT2D eigenvalue weighted by molar-refractivity contribution is -0.434. The predicted octanol–water partition coefficient (Wildman–Crippen LogP) is -2.16. The van der Waals surface area contributed by atoms with Crippen LogP contribution in [0.3, 0.4) is 0 Å². The molecule has 0 saturated heterocycles. The van der Waals surface area contributed by atoms with Crippen molar-refractivity contribution >= 4 is 27.7 Å². The summed E-state index contributed by atoms with van der Waals surface area (Å²) in [5.41, 5.74) is 0. The van der Waals surface area contributed by atoms with E-state index < -0.39 is 15.6 Å². The number of hydrogen-bond donors (Lipinski definition) is 1. The Morgan fingerprint density at radius 3 is 1.52 bits per heavy atom. The lowest BCUT2D eigenvalue weighted by Crippen LogP contribution is -2.24.